The van der Waals surface area contributed by atoms with Crippen LogP contribution < -0.4 is 5.32 Å². The Hall–Kier alpha value is -1.29. The summed E-state index contributed by atoms with van der Waals surface area (Å²) in [5.74, 6) is 0.456. The Kier molecular flexibility index (Phi) is 2.77. The zero-order chi connectivity index (χ0) is 10.8. The first kappa shape index (κ1) is 10.2. The first-order valence-corrected chi connectivity index (χ1v) is 5.70. The van der Waals surface area contributed by atoms with Crippen molar-refractivity contribution in [2.75, 3.05) is 5.75 Å². The number of hydrogen-bond donors (Lipinski definition) is 1. The van der Waals surface area contributed by atoms with E-state index < -0.39 is 0 Å². The number of nitrogens with one attached hydrogen (secondary N) is 1. The summed E-state index contributed by atoms with van der Waals surface area (Å²) in [4.78, 5) is 23.9. The van der Waals surface area contributed by atoms with Gasteiger partial charge in [0, 0.05) is 10.6 Å². The summed E-state index contributed by atoms with van der Waals surface area (Å²) in [5.41, 5.74) is 0.659. The summed E-state index contributed by atoms with van der Waals surface area (Å²) in [6, 6.07) is 7.04. The molecule has 0 radical (unpaired) electrons. The minimum atomic E-state index is -0.366. The molecular formula is C11H11NO2S. The van der Waals surface area contributed by atoms with E-state index in [1.54, 1.807) is 17.8 Å². The number of carbonyl (C=O) groups is 2. The molecule has 1 aliphatic rings. The molecule has 4 heteroatoms. The Bertz CT molecular complexity index is 417. The van der Waals surface area contributed by atoms with Crippen LogP contribution >= 0.6 is 11.8 Å². The third-order valence-electron chi connectivity index (χ3n) is 2.33. The molecular weight excluding hydrogens is 210 g/mol. The molecule has 0 bridgehead atoms. The normalized spacial score (nSPS) is 20.1. The van der Waals surface area contributed by atoms with E-state index in [9.17, 15) is 9.59 Å². The fourth-order valence-electron chi connectivity index (χ4n) is 1.45. The standard InChI is InChI=1S/C11H11NO2S/c1-7(13)9-6-15-10-5-3-2-4-8(10)11(14)12-9/h2-5,9H,6H2,1H3,(H,12,14). The molecule has 78 valence electrons. The lowest BCUT2D eigenvalue weighted by molar-refractivity contribution is -0.118. The van der Waals surface area contributed by atoms with Gasteiger partial charge in [0.1, 0.15) is 0 Å². The Labute approximate surface area is 92.2 Å². The number of Topliss-reactive ketones (excluding diaryl/α,β-unsaturated/α-hetero) is 1. The van der Waals surface area contributed by atoms with Crippen LogP contribution in [0.5, 0.6) is 0 Å². The summed E-state index contributed by atoms with van der Waals surface area (Å²) in [6.45, 7) is 1.50. The van der Waals surface area contributed by atoms with Gasteiger partial charge in [0.25, 0.3) is 5.91 Å². The molecule has 15 heavy (non-hydrogen) atoms. The summed E-state index contributed by atoms with van der Waals surface area (Å²) in [5, 5.41) is 2.73. The van der Waals surface area contributed by atoms with E-state index in [2.05, 4.69) is 5.32 Å². The van der Waals surface area contributed by atoms with Crippen LogP contribution in [0.25, 0.3) is 0 Å². The predicted molar refractivity (Wildman–Crippen MR) is 59.1 cm³/mol. The van der Waals surface area contributed by atoms with Crippen molar-refractivity contribution < 1.29 is 9.59 Å². The zero-order valence-electron chi connectivity index (χ0n) is 8.32. The Morgan fingerprint density at radius 2 is 2.20 bits per heavy atom. The molecule has 1 aromatic rings. The molecule has 1 aromatic carbocycles. The highest BCUT2D eigenvalue weighted by Gasteiger charge is 2.23. The van der Waals surface area contributed by atoms with Crippen molar-refractivity contribution in [2.24, 2.45) is 0 Å². The van der Waals surface area contributed by atoms with E-state index in [4.69, 9.17) is 0 Å². The van der Waals surface area contributed by atoms with Crippen LogP contribution in [0, 0.1) is 0 Å². The van der Waals surface area contributed by atoms with Gasteiger partial charge >= 0.3 is 0 Å². The van der Waals surface area contributed by atoms with E-state index in [0.29, 0.717) is 11.3 Å². The van der Waals surface area contributed by atoms with Gasteiger partial charge in [0.2, 0.25) is 0 Å². The van der Waals surface area contributed by atoms with E-state index in [0.717, 1.165) is 4.90 Å². The topological polar surface area (TPSA) is 46.2 Å². The van der Waals surface area contributed by atoms with Crippen LogP contribution in [0.15, 0.2) is 29.2 Å². The third kappa shape index (κ3) is 2.04. The van der Waals surface area contributed by atoms with Gasteiger partial charge in [0.05, 0.1) is 11.6 Å². The second-order valence-corrected chi connectivity index (χ2v) is 4.51. The molecule has 0 saturated carbocycles. The van der Waals surface area contributed by atoms with E-state index in [1.165, 1.54) is 6.92 Å². The summed E-state index contributed by atoms with van der Waals surface area (Å²) in [6.07, 6.45) is 0. The monoisotopic (exact) mass is 221 g/mol. The fraction of sp³-hybridized carbons (Fsp3) is 0.273. The molecule has 0 fully saturated rings. The summed E-state index contributed by atoms with van der Waals surface area (Å²) < 4.78 is 0. The number of hydrogen-bond acceptors (Lipinski definition) is 3. The SMILES string of the molecule is CC(=O)C1CSc2ccccc2C(=O)N1. The molecule has 1 aliphatic heterocycles. The number of rotatable bonds is 1. The van der Waals surface area contributed by atoms with Crippen LogP contribution in [0.1, 0.15) is 17.3 Å². The Morgan fingerprint density at radius 3 is 2.93 bits per heavy atom. The van der Waals surface area contributed by atoms with Gasteiger partial charge in [-0.1, -0.05) is 12.1 Å². The maximum absolute atomic E-state index is 11.7. The predicted octanol–water partition coefficient (Wildman–Crippen LogP) is 1.48. The number of carbonyl (C=O) groups excluding carboxylic acids is 2. The molecule has 0 aliphatic carbocycles. The van der Waals surface area contributed by atoms with Crippen molar-refractivity contribution in [1.82, 2.24) is 5.32 Å². The molecule has 1 unspecified atom stereocenters. The quantitative estimate of drug-likeness (QED) is 0.781. The lowest BCUT2D eigenvalue weighted by atomic mass is 10.2. The van der Waals surface area contributed by atoms with Crippen LogP contribution in [0.3, 0.4) is 0 Å². The van der Waals surface area contributed by atoms with Gasteiger partial charge in [-0.15, -0.1) is 11.8 Å². The van der Waals surface area contributed by atoms with Gasteiger partial charge in [-0.25, -0.2) is 0 Å². The maximum atomic E-state index is 11.7. The highest BCUT2D eigenvalue weighted by molar-refractivity contribution is 7.99. The lowest BCUT2D eigenvalue weighted by Gasteiger charge is -2.10. The number of benzene rings is 1. The largest absolute Gasteiger partial charge is 0.341 e. The first-order chi connectivity index (χ1) is 7.18. The minimum Gasteiger partial charge on any atom is -0.341 e. The fourth-order valence-corrected chi connectivity index (χ4v) is 2.61. The summed E-state index contributed by atoms with van der Waals surface area (Å²) in [7, 11) is 0. The molecule has 3 nitrogen and oxygen atoms in total. The van der Waals surface area contributed by atoms with Crippen LogP contribution in [0.4, 0.5) is 0 Å². The molecule has 1 heterocycles. The van der Waals surface area contributed by atoms with Crippen molar-refractivity contribution in [3.05, 3.63) is 29.8 Å². The zero-order valence-corrected chi connectivity index (χ0v) is 9.14. The smallest absolute Gasteiger partial charge is 0.253 e. The third-order valence-corrected chi connectivity index (χ3v) is 3.50. The number of thioether (sulfide) groups is 1. The molecule has 1 N–H and O–H groups in total. The van der Waals surface area contributed by atoms with Crippen LogP contribution in [-0.4, -0.2) is 23.5 Å². The van der Waals surface area contributed by atoms with E-state index in [-0.39, 0.29) is 17.7 Å². The van der Waals surface area contributed by atoms with Gasteiger partial charge in [-0.05, 0) is 19.1 Å². The average Bonchev–Trinajstić information content (AvgIpc) is 2.39. The Balaban J connectivity index is 2.32. The highest BCUT2D eigenvalue weighted by atomic mass is 32.2. The lowest BCUT2D eigenvalue weighted by Crippen LogP contribution is -2.40. The van der Waals surface area contributed by atoms with Crippen LogP contribution in [-0.2, 0) is 4.79 Å². The average molecular weight is 221 g/mol. The molecule has 2 rings (SSSR count). The van der Waals surface area contributed by atoms with Crippen molar-refractivity contribution in [2.45, 2.75) is 17.9 Å². The van der Waals surface area contributed by atoms with Crippen molar-refractivity contribution in [3.63, 3.8) is 0 Å². The van der Waals surface area contributed by atoms with Crippen molar-refractivity contribution in [1.29, 1.82) is 0 Å². The molecule has 0 aromatic heterocycles. The van der Waals surface area contributed by atoms with Gasteiger partial charge in [-0.2, -0.15) is 0 Å². The van der Waals surface area contributed by atoms with Gasteiger partial charge in [-0.3, -0.25) is 9.59 Å². The van der Waals surface area contributed by atoms with E-state index in [1.807, 2.05) is 18.2 Å². The van der Waals surface area contributed by atoms with Crippen LogP contribution in [0.2, 0.25) is 0 Å². The molecule has 0 saturated heterocycles. The molecule has 1 atom stereocenters. The Morgan fingerprint density at radius 1 is 1.47 bits per heavy atom. The number of amides is 1. The molecule has 1 amide bonds. The number of ketones is 1. The van der Waals surface area contributed by atoms with Crippen molar-refractivity contribution >= 4 is 23.5 Å². The minimum absolute atomic E-state index is 0.00339. The number of fused-ring (bicyclic) bond motifs is 1. The van der Waals surface area contributed by atoms with Crippen molar-refractivity contribution in [3.8, 4) is 0 Å². The highest BCUT2D eigenvalue weighted by Crippen LogP contribution is 2.26. The second-order valence-electron chi connectivity index (χ2n) is 3.44. The summed E-state index contributed by atoms with van der Waals surface area (Å²) >= 11 is 1.55. The molecule has 0 spiro atoms. The van der Waals surface area contributed by atoms with Gasteiger partial charge < -0.3 is 5.32 Å². The second kappa shape index (κ2) is 4.06. The first-order valence-electron chi connectivity index (χ1n) is 4.71. The van der Waals surface area contributed by atoms with Gasteiger partial charge in [0.15, 0.2) is 5.78 Å². The van der Waals surface area contributed by atoms with E-state index >= 15 is 0 Å². The maximum Gasteiger partial charge on any atom is 0.253 e.